The molecule has 2 aromatic rings. The molecule has 0 spiro atoms. The molecule has 2 aromatic carbocycles. The first-order valence-electron chi connectivity index (χ1n) is 8.59. The van der Waals surface area contributed by atoms with Crippen molar-refractivity contribution in [1.29, 1.82) is 0 Å². The minimum absolute atomic E-state index is 0.0134. The number of benzene rings is 2. The fourth-order valence-corrected chi connectivity index (χ4v) is 2.92. The van der Waals surface area contributed by atoms with Crippen LogP contribution in [0.5, 0.6) is 5.75 Å². The number of carbonyl (C=O) groups is 2. The Kier molecular flexibility index (Phi) is 5.38. The van der Waals surface area contributed by atoms with Gasteiger partial charge in [0, 0.05) is 32.7 Å². The maximum absolute atomic E-state index is 12.3. The highest BCUT2D eigenvalue weighted by Gasteiger charge is 2.23. The monoisotopic (exact) mass is 341 g/mol. The second kappa shape index (κ2) is 7.88. The summed E-state index contributed by atoms with van der Waals surface area (Å²) in [6.45, 7) is 4.69. The summed E-state index contributed by atoms with van der Waals surface area (Å²) in [5.74, 6) is 0.636. The number of nitrogens with zero attached hydrogens (tertiary/aromatic N) is 2. The first kappa shape index (κ1) is 17.1. The summed E-state index contributed by atoms with van der Waals surface area (Å²) < 4.78 is 5.66. The van der Waals surface area contributed by atoms with Gasteiger partial charge in [0.1, 0.15) is 5.75 Å². The Hall–Kier alpha value is -2.76. The molecule has 0 saturated carbocycles. The van der Waals surface area contributed by atoms with Gasteiger partial charge in [-0.1, -0.05) is 30.3 Å². The van der Waals surface area contributed by atoms with E-state index in [1.165, 1.54) is 0 Å². The molecule has 25 heavy (non-hydrogen) atoms. The number of hydrogen-bond acceptors (Lipinski definition) is 3. The second-order valence-corrected chi connectivity index (χ2v) is 6.00. The lowest BCUT2D eigenvalue weighted by atomic mass is 10.1. The molecule has 1 aliphatic heterocycles. The van der Waals surface area contributed by atoms with Gasteiger partial charge in [-0.3, -0.25) is 4.79 Å². The fraction of sp³-hybridized carbons (Fsp3) is 0.368. The van der Waals surface area contributed by atoms with Crippen molar-refractivity contribution in [2.45, 2.75) is 6.92 Å². The van der Waals surface area contributed by atoms with Crippen LogP contribution in [0.2, 0.25) is 0 Å². The maximum Gasteiger partial charge on any atom is 0.317 e. The lowest BCUT2D eigenvalue weighted by Crippen LogP contribution is -2.53. The fourth-order valence-electron chi connectivity index (χ4n) is 2.92. The molecule has 0 radical (unpaired) electrons. The van der Waals surface area contributed by atoms with Gasteiger partial charge in [-0.25, -0.2) is 4.79 Å². The molecule has 3 amide bonds. The van der Waals surface area contributed by atoms with Crippen LogP contribution in [-0.4, -0.2) is 61.1 Å². The number of amides is 3. The molecule has 0 bridgehead atoms. The summed E-state index contributed by atoms with van der Waals surface area (Å²) in [6.07, 6.45) is 0. The van der Waals surface area contributed by atoms with Crippen molar-refractivity contribution in [3.63, 3.8) is 0 Å². The highest BCUT2D eigenvalue weighted by Crippen LogP contribution is 2.20. The van der Waals surface area contributed by atoms with Gasteiger partial charge in [0.05, 0.1) is 0 Å². The van der Waals surface area contributed by atoms with E-state index >= 15 is 0 Å². The molecule has 0 aromatic heterocycles. The Bertz CT molecular complexity index is 754. The van der Waals surface area contributed by atoms with Gasteiger partial charge in [0.2, 0.25) is 0 Å². The van der Waals surface area contributed by atoms with Crippen molar-refractivity contribution in [2.75, 3.05) is 39.3 Å². The minimum atomic E-state index is -0.0676. The van der Waals surface area contributed by atoms with Crippen molar-refractivity contribution in [3.05, 3.63) is 42.5 Å². The number of rotatable bonds is 4. The Labute approximate surface area is 147 Å². The maximum atomic E-state index is 12.3. The van der Waals surface area contributed by atoms with E-state index in [9.17, 15) is 9.59 Å². The largest absolute Gasteiger partial charge is 0.484 e. The molecule has 0 unspecified atom stereocenters. The predicted molar refractivity (Wildman–Crippen MR) is 96.7 cm³/mol. The molecule has 3 rings (SSSR count). The van der Waals surface area contributed by atoms with Crippen LogP contribution in [0.4, 0.5) is 4.79 Å². The average Bonchev–Trinajstić information content (AvgIpc) is 2.66. The van der Waals surface area contributed by atoms with Crippen molar-refractivity contribution in [1.82, 2.24) is 15.1 Å². The Morgan fingerprint density at radius 1 is 1.00 bits per heavy atom. The van der Waals surface area contributed by atoms with E-state index < -0.39 is 0 Å². The quantitative estimate of drug-likeness (QED) is 0.926. The van der Waals surface area contributed by atoms with E-state index in [0.717, 1.165) is 10.8 Å². The lowest BCUT2D eigenvalue weighted by Gasteiger charge is -2.34. The third-order valence-corrected chi connectivity index (χ3v) is 4.33. The van der Waals surface area contributed by atoms with Gasteiger partial charge in [-0.2, -0.15) is 0 Å². The van der Waals surface area contributed by atoms with Crippen molar-refractivity contribution in [3.8, 4) is 5.75 Å². The van der Waals surface area contributed by atoms with Gasteiger partial charge in [-0.15, -0.1) is 0 Å². The number of fused-ring (bicyclic) bond motifs is 1. The minimum Gasteiger partial charge on any atom is -0.484 e. The highest BCUT2D eigenvalue weighted by atomic mass is 16.5. The third-order valence-electron chi connectivity index (χ3n) is 4.33. The zero-order chi connectivity index (χ0) is 17.6. The number of carbonyl (C=O) groups excluding carboxylic acids is 2. The molecule has 0 atom stereocenters. The summed E-state index contributed by atoms with van der Waals surface area (Å²) in [7, 11) is 0. The number of urea groups is 1. The molecule has 0 aliphatic carbocycles. The van der Waals surface area contributed by atoms with E-state index in [-0.39, 0.29) is 18.5 Å². The van der Waals surface area contributed by atoms with Crippen molar-refractivity contribution in [2.24, 2.45) is 0 Å². The Morgan fingerprint density at radius 3 is 2.40 bits per heavy atom. The van der Waals surface area contributed by atoms with Gasteiger partial charge in [0.15, 0.2) is 6.61 Å². The molecule has 1 N–H and O–H groups in total. The molecular formula is C19H23N3O3. The summed E-state index contributed by atoms with van der Waals surface area (Å²) in [5, 5.41) is 5.01. The molecule has 1 aliphatic rings. The molecule has 6 nitrogen and oxygen atoms in total. The van der Waals surface area contributed by atoms with Crippen LogP contribution in [0.25, 0.3) is 10.8 Å². The zero-order valence-electron chi connectivity index (χ0n) is 14.4. The average molecular weight is 341 g/mol. The van der Waals surface area contributed by atoms with Gasteiger partial charge >= 0.3 is 6.03 Å². The van der Waals surface area contributed by atoms with Crippen LogP contribution in [0.1, 0.15) is 6.92 Å². The van der Waals surface area contributed by atoms with Gasteiger partial charge < -0.3 is 19.9 Å². The van der Waals surface area contributed by atoms with Gasteiger partial charge in [0.25, 0.3) is 5.91 Å². The highest BCUT2D eigenvalue weighted by molar-refractivity contribution is 5.84. The molecule has 132 valence electrons. The Morgan fingerprint density at radius 2 is 1.68 bits per heavy atom. The van der Waals surface area contributed by atoms with Crippen LogP contribution < -0.4 is 10.1 Å². The number of ether oxygens (including phenoxy) is 1. The van der Waals surface area contributed by atoms with E-state index in [4.69, 9.17) is 4.74 Å². The Balaban J connectivity index is 1.50. The SMILES string of the molecule is CCNC(=O)N1CCN(C(=O)COc2ccc3ccccc3c2)CC1. The zero-order valence-corrected chi connectivity index (χ0v) is 14.4. The number of piperazine rings is 1. The third kappa shape index (κ3) is 4.21. The van der Waals surface area contributed by atoms with E-state index in [1.807, 2.05) is 49.4 Å². The summed E-state index contributed by atoms with van der Waals surface area (Å²) in [4.78, 5) is 27.6. The predicted octanol–water partition coefficient (Wildman–Crippen LogP) is 2.09. The van der Waals surface area contributed by atoms with E-state index in [1.54, 1.807) is 9.80 Å². The standard InChI is InChI=1S/C19H23N3O3/c1-2-20-19(24)22-11-9-21(10-12-22)18(23)14-25-17-8-7-15-5-3-4-6-16(15)13-17/h3-8,13H,2,9-12,14H2,1H3,(H,20,24). The summed E-state index contributed by atoms with van der Waals surface area (Å²) >= 11 is 0. The number of nitrogens with one attached hydrogen (secondary N) is 1. The lowest BCUT2D eigenvalue weighted by molar-refractivity contribution is -0.134. The van der Waals surface area contributed by atoms with Crippen LogP contribution in [-0.2, 0) is 4.79 Å². The molecule has 1 heterocycles. The smallest absolute Gasteiger partial charge is 0.317 e. The summed E-state index contributed by atoms with van der Waals surface area (Å²) in [6, 6.07) is 13.8. The van der Waals surface area contributed by atoms with Crippen molar-refractivity contribution < 1.29 is 14.3 Å². The summed E-state index contributed by atoms with van der Waals surface area (Å²) in [5.41, 5.74) is 0. The van der Waals surface area contributed by atoms with E-state index in [2.05, 4.69) is 5.32 Å². The first-order chi connectivity index (χ1) is 12.2. The van der Waals surface area contributed by atoms with Gasteiger partial charge in [-0.05, 0) is 29.8 Å². The van der Waals surface area contributed by atoms with Crippen LogP contribution in [0.15, 0.2) is 42.5 Å². The number of hydrogen-bond donors (Lipinski definition) is 1. The first-order valence-corrected chi connectivity index (χ1v) is 8.59. The topological polar surface area (TPSA) is 61.9 Å². The normalized spacial score (nSPS) is 14.4. The van der Waals surface area contributed by atoms with Crippen molar-refractivity contribution >= 4 is 22.7 Å². The molecule has 6 heteroatoms. The second-order valence-electron chi connectivity index (χ2n) is 6.00. The van der Waals surface area contributed by atoms with Crippen LogP contribution >= 0.6 is 0 Å². The van der Waals surface area contributed by atoms with E-state index in [0.29, 0.717) is 38.5 Å². The molecule has 1 fully saturated rings. The molecule has 1 saturated heterocycles. The van der Waals surface area contributed by atoms with Crippen LogP contribution in [0, 0.1) is 0 Å². The van der Waals surface area contributed by atoms with Crippen LogP contribution in [0.3, 0.4) is 0 Å². The molecular weight excluding hydrogens is 318 g/mol.